The average Bonchev–Trinajstić information content (AvgIpc) is 3.26. The average molecular weight is 380 g/mol. The summed E-state index contributed by atoms with van der Waals surface area (Å²) in [6.45, 7) is 1.25. The Morgan fingerprint density at radius 1 is 1.11 bits per heavy atom. The minimum absolute atomic E-state index is 0.0360. The van der Waals surface area contributed by atoms with Gasteiger partial charge in [-0.2, -0.15) is 0 Å². The number of fused-ring (bicyclic) bond motifs is 1. The Hall–Kier alpha value is -2.86. The molecule has 0 saturated carbocycles. The highest BCUT2D eigenvalue weighted by Crippen LogP contribution is 2.33. The van der Waals surface area contributed by atoms with Crippen molar-refractivity contribution in [1.29, 1.82) is 0 Å². The maximum atomic E-state index is 13.1. The van der Waals surface area contributed by atoms with Crippen molar-refractivity contribution >= 4 is 17.2 Å². The first kappa shape index (κ1) is 17.5. The number of rotatable bonds is 4. The quantitative estimate of drug-likeness (QED) is 0.686. The van der Waals surface area contributed by atoms with Crippen molar-refractivity contribution in [1.82, 2.24) is 9.88 Å². The number of benzene rings is 2. The molecule has 138 valence electrons. The first-order valence-corrected chi connectivity index (χ1v) is 9.60. The summed E-state index contributed by atoms with van der Waals surface area (Å²) in [7, 11) is 3.26. The number of methoxy groups -OCH3 is 2. The number of ether oxygens (including phenoxy) is 2. The maximum Gasteiger partial charge on any atom is 0.254 e. The molecule has 0 bridgehead atoms. The molecule has 0 unspecified atom stereocenters. The molecule has 0 N–H and O–H groups in total. The van der Waals surface area contributed by atoms with E-state index in [9.17, 15) is 4.79 Å². The molecule has 0 saturated heterocycles. The molecule has 1 aliphatic heterocycles. The van der Waals surface area contributed by atoms with Crippen LogP contribution in [0.3, 0.4) is 0 Å². The van der Waals surface area contributed by atoms with Crippen LogP contribution in [0.15, 0.2) is 48.0 Å². The fraction of sp³-hybridized carbons (Fsp3) is 0.238. The summed E-state index contributed by atoms with van der Waals surface area (Å²) in [5, 5.41) is 2.86. The van der Waals surface area contributed by atoms with Crippen molar-refractivity contribution in [3.05, 3.63) is 64.7 Å². The first-order valence-electron chi connectivity index (χ1n) is 8.72. The second kappa shape index (κ2) is 7.40. The molecule has 27 heavy (non-hydrogen) atoms. The summed E-state index contributed by atoms with van der Waals surface area (Å²) in [6.07, 6.45) is 2.57. The van der Waals surface area contributed by atoms with Crippen LogP contribution < -0.4 is 9.47 Å². The van der Waals surface area contributed by atoms with Crippen molar-refractivity contribution in [3.8, 4) is 22.1 Å². The van der Waals surface area contributed by atoms with Crippen LogP contribution in [-0.4, -0.2) is 36.6 Å². The highest BCUT2D eigenvalue weighted by Gasteiger charge is 2.24. The van der Waals surface area contributed by atoms with Gasteiger partial charge in [-0.1, -0.05) is 12.1 Å². The van der Waals surface area contributed by atoms with Crippen molar-refractivity contribution in [3.63, 3.8) is 0 Å². The SMILES string of the molecule is COc1cc2c(cc1OC)CN(C(=O)c1cccc(-c3nccs3)c1)CC2. The fourth-order valence-electron chi connectivity index (χ4n) is 3.39. The van der Waals surface area contributed by atoms with E-state index in [2.05, 4.69) is 4.98 Å². The standard InChI is InChI=1S/C21H20N2O3S/c1-25-18-11-14-6-8-23(13-17(14)12-19(18)26-2)21(24)16-5-3-4-15(10-16)20-22-7-9-27-20/h3-5,7,9-12H,6,8,13H2,1-2H3. The van der Waals surface area contributed by atoms with Crippen molar-refractivity contribution < 1.29 is 14.3 Å². The van der Waals surface area contributed by atoms with E-state index in [4.69, 9.17) is 9.47 Å². The van der Waals surface area contributed by atoms with Gasteiger partial charge in [0.05, 0.1) is 14.2 Å². The lowest BCUT2D eigenvalue weighted by Crippen LogP contribution is -2.36. The zero-order valence-corrected chi connectivity index (χ0v) is 16.1. The van der Waals surface area contributed by atoms with E-state index in [-0.39, 0.29) is 5.91 Å². The monoisotopic (exact) mass is 380 g/mol. The van der Waals surface area contributed by atoms with Gasteiger partial charge in [-0.25, -0.2) is 4.98 Å². The zero-order valence-electron chi connectivity index (χ0n) is 15.3. The predicted octanol–water partition coefficient (Wildman–Crippen LogP) is 4.03. The number of hydrogen-bond donors (Lipinski definition) is 0. The van der Waals surface area contributed by atoms with Gasteiger partial charge in [-0.3, -0.25) is 4.79 Å². The molecule has 6 heteroatoms. The molecular formula is C21H20N2O3S. The molecule has 0 spiro atoms. The third kappa shape index (κ3) is 3.40. The number of carbonyl (C=O) groups is 1. The Bertz CT molecular complexity index is 970. The normalized spacial score (nSPS) is 13.2. The number of aromatic nitrogens is 1. The van der Waals surface area contributed by atoms with Crippen LogP contribution in [0.2, 0.25) is 0 Å². The summed E-state index contributed by atoms with van der Waals surface area (Å²) < 4.78 is 10.8. The van der Waals surface area contributed by atoms with Gasteiger partial charge >= 0.3 is 0 Å². The van der Waals surface area contributed by atoms with Crippen LogP contribution in [0.5, 0.6) is 11.5 Å². The highest BCUT2D eigenvalue weighted by molar-refractivity contribution is 7.13. The number of carbonyl (C=O) groups excluding carboxylic acids is 1. The van der Waals surface area contributed by atoms with Crippen LogP contribution in [0.25, 0.3) is 10.6 Å². The molecule has 3 aromatic rings. The van der Waals surface area contributed by atoms with Gasteiger partial charge in [0, 0.05) is 35.8 Å². The van der Waals surface area contributed by atoms with Crippen LogP contribution in [0.1, 0.15) is 21.5 Å². The van der Waals surface area contributed by atoms with Crippen molar-refractivity contribution in [2.45, 2.75) is 13.0 Å². The minimum atomic E-state index is 0.0360. The lowest BCUT2D eigenvalue weighted by atomic mass is 9.98. The van der Waals surface area contributed by atoms with E-state index in [1.165, 1.54) is 5.56 Å². The van der Waals surface area contributed by atoms with E-state index >= 15 is 0 Å². The van der Waals surface area contributed by atoms with Gasteiger partial charge in [-0.15, -0.1) is 11.3 Å². The van der Waals surface area contributed by atoms with E-state index in [1.54, 1.807) is 31.8 Å². The Morgan fingerprint density at radius 2 is 1.89 bits per heavy atom. The van der Waals surface area contributed by atoms with Gasteiger partial charge in [0.1, 0.15) is 5.01 Å². The number of nitrogens with zero attached hydrogens (tertiary/aromatic N) is 2. The van der Waals surface area contributed by atoms with E-state index in [1.807, 2.05) is 46.7 Å². The number of amides is 1. The zero-order chi connectivity index (χ0) is 18.8. The van der Waals surface area contributed by atoms with E-state index in [0.29, 0.717) is 24.4 Å². The Morgan fingerprint density at radius 3 is 2.59 bits per heavy atom. The molecule has 0 fully saturated rings. The molecule has 0 aliphatic carbocycles. The first-order chi connectivity index (χ1) is 13.2. The van der Waals surface area contributed by atoms with Gasteiger partial charge in [0.2, 0.25) is 0 Å². The summed E-state index contributed by atoms with van der Waals surface area (Å²) >= 11 is 1.57. The largest absolute Gasteiger partial charge is 0.493 e. The maximum absolute atomic E-state index is 13.1. The Kier molecular flexibility index (Phi) is 4.81. The van der Waals surface area contributed by atoms with E-state index < -0.39 is 0 Å². The van der Waals surface area contributed by atoms with Crippen LogP contribution in [0.4, 0.5) is 0 Å². The van der Waals surface area contributed by atoms with Gasteiger partial charge in [0.15, 0.2) is 11.5 Å². The smallest absolute Gasteiger partial charge is 0.254 e. The second-order valence-electron chi connectivity index (χ2n) is 6.37. The number of thiazole rings is 1. The fourth-order valence-corrected chi connectivity index (χ4v) is 4.03. The number of hydrogen-bond acceptors (Lipinski definition) is 5. The minimum Gasteiger partial charge on any atom is -0.493 e. The molecule has 0 atom stereocenters. The topological polar surface area (TPSA) is 51.7 Å². The van der Waals surface area contributed by atoms with Gasteiger partial charge in [0.25, 0.3) is 5.91 Å². The molecule has 1 amide bonds. The third-order valence-electron chi connectivity index (χ3n) is 4.79. The Balaban J connectivity index is 1.59. The summed E-state index contributed by atoms with van der Waals surface area (Å²) in [4.78, 5) is 19.3. The summed E-state index contributed by atoms with van der Waals surface area (Å²) in [5.74, 6) is 1.46. The molecule has 5 nitrogen and oxygen atoms in total. The van der Waals surface area contributed by atoms with Gasteiger partial charge < -0.3 is 14.4 Å². The van der Waals surface area contributed by atoms with Crippen LogP contribution >= 0.6 is 11.3 Å². The summed E-state index contributed by atoms with van der Waals surface area (Å²) in [6, 6.07) is 11.7. The molecule has 1 aromatic heterocycles. The highest BCUT2D eigenvalue weighted by atomic mass is 32.1. The molecule has 2 heterocycles. The van der Waals surface area contributed by atoms with Crippen LogP contribution in [0, 0.1) is 0 Å². The lowest BCUT2D eigenvalue weighted by Gasteiger charge is -2.29. The van der Waals surface area contributed by atoms with Gasteiger partial charge in [-0.05, 0) is 41.8 Å². The van der Waals surface area contributed by atoms with Crippen molar-refractivity contribution in [2.75, 3.05) is 20.8 Å². The molecular weight excluding hydrogens is 360 g/mol. The second-order valence-corrected chi connectivity index (χ2v) is 7.27. The molecule has 4 rings (SSSR count). The predicted molar refractivity (Wildman–Crippen MR) is 106 cm³/mol. The molecule has 2 aromatic carbocycles. The van der Waals surface area contributed by atoms with E-state index in [0.717, 1.165) is 28.3 Å². The Labute approximate surface area is 162 Å². The molecule has 0 radical (unpaired) electrons. The summed E-state index contributed by atoms with van der Waals surface area (Å²) in [5.41, 5.74) is 3.96. The lowest BCUT2D eigenvalue weighted by molar-refractivity contribution is 0.0734. The van der Waals surface area contributed by atoms with Crippen LogP contribution in [-0.2, 0) is 13.0 Å². The molecule has 1 aliphatic rings. The van der Waals surface area contributed by atoms with Crippen molar-refractivity contribution in [2.24, 2.45) is 0 Å². The third-order valence-corrected chi connectivity index (χ3v) is 5.62.